The molecule has 1 fully saturated rings. The van der Waals surface area contributed by atoms with Crippen LogP contribution in [0.1, 0.15) is 53.6 Å². The summed E-state index contributed by atoms with van der Waals surface area (Å²) >= 11 is 0. The predicted octanol–water partition coefficient (Wildman–Crippen LogP) is 6.68. The molecule has 0 radical (unpaired) electrons. The van der Waals surface area contributed by atoms with Crippen LogP contribution in [-0.2, 0) is 23.6 Å². The SMILES string of the molecule is CCOC(=O)N[C@@H]1CCN(C(=O)N(C)Cc2cc(C(F)(F)F)cc(C(F)(F)F)c2)[C@@H](c2ccc(F)cc2C)C1. The van der Waals surface area contributed by atoms with E-state index in [1.807, 2.05) is 0 Å². The third-order valence-corrected chi connectivity index (χ3v) is 6.43. The first-order valence-corrected chi connectivity index (χ1v) is 12.1. The van der Waals surface area contributed by atoms with Crippen molar-refractivity contribution in [2.45, 2.75) is 57.7 Å². The molecule has 0 aromatic heterocycles. The molecule has 0 unspecified atom stereocenters. The van der Waals surface area contributed by atoms with Crippen LogP contribution in [0.3, 0.4) is 0 Å². The van der Waals surface area contributed by atoms with E-state index in [0.717, 1.165) is 4.90 Å². The highest BCUT2D eigenvalue weighted by atomic mass is 19.4. The molecular formula is C26H28F7N3O3. The number of rotatable bonds is 5. The maximum absolute atomic E-state index is 13.8. The quantitative estimate of drug-likeness (QED) is 0.413. The fraction of sp³-hybridized carbons (Fsp3) is 0.462. The van der Waals surface area contributed by atoms with Crippen molar-refractivity contribution < 1.29 is 45.1 Å². The van der Waals surface area contributed by atoms with Gasteiger partial charge in [-0.05, 0) is 73.7 Å². The van der Waals surface area contributed by atoms with Crippen LogP contribution in [0, 0.1) is 12.7 Å². The fourth-order valence-electron chi connectivity index (χ4n) is 4.64. The topological polar surface area (TPSA) is 61.9 Å². The molecule has 0 spiro atoms. The molecule has 3 rings (SSSR count). The molecule has 0 saturated carbocycles. The maximum atomic E-state index is 13.8. The number of benzene rings is 2. The Morgan fingerprint density at radius 3 is 2.21 bits per heavy atom. The van der Waals surface area contributed by atoms with Gasteiger partial charge >= 0.3 is 24.5 Å². The zero-order chi connectivity index (χ0) is 29.1. The average Bonchev–Trinajstić information content (AvgIpc) is 2.82. The number of halogens is 7. The third-order valence-electron chi connectivity index (χ3n) is 6.43. The van der Waals surface area contributed by atoms with Crippen LogP contribution in [0.5, 0.6) is 0 Å². The summed E-state index contributed by atoms with van der Waals surface area (Å²) in [6, 6.07) is 3.49. The molecular weight excluding hydrogens is 535 g/mol. The van der Waals surface area contributed by atoms with Crippen molar-refractivity contribution in [3.8, 4) is 0 Å². The molecule has 0 aliphatic carbocycles. The van der Waals surface area contributed by atoms with E-state index in [1.54, 1.807) is 13.8 Å². The third kappa shape index (κ3) is 7.54. The van der Waals surface area contributed by atoms with Gasteiger partial charge in [-0.1, -0.05) is 6.07 Å². The van der Waals surface area contributed by atoms with Gasteiger partial charge in [0.25, 0.3) is 0 Å². The Morgan fingerprint density at radius 1 is 1.05 bits per heavy atom. The van der Waals surface area contributed by atoms with Crippen molar-refractivity contribution in [3.05, 3.63) is 70.0 Å². The molecule has 1 heterocycles. The molecule has 13 heteroatoms. The van der Waals surface area contributed by atoms with Crippen LogP contribution in [-0.4, -0.2) is 48.2 Å². The number of alkyl halides is 6. The zero-order valence-corrected chi connectivity index (χ0v) is 21.4. The van der Waals surface area contributed by atoms with Gasteiger partial charge in [-0.3, -0.25) is 0 Å². The summed E-state index contributed by atoms with van der Waals surface area (Å²) in [5.74, 6) is -0.492. The fourth-order valence-corrected chi connectivity index (χ4v) is 4.64. The summed E-state index contributed by atoms with van der Waals surface area (Å²) in [4.78, 5) is 27.9. The number of hydrogen-bond donors (Lipinski definition) is 1. The van der Waals surface area contributed by atoms with Gasteiger partial charge in [0.2, 0.25) is 0 Å². The molecule has 2 atom stereocenters. The van der Waals surface area contributed by atoms with E-state index in [2.05, 4.69) is 5.32 Å². The van der Waals surface area contributed by atoms with E-state index in [-0.39, 0.29) is 31.2 Å². The van der Waals surface area contributed by atoms with Crippen LogP contribution >= 0.6 is 0 Å². The molecule has 39 heavy (non-hydrogen) atoms. The monoisotopic (exact) mass is 563 g/mol. The number of carbonyl (C=O) groups excluding carboxylic acids is 2. The van der Waals surface area contributed by atoms with Gasteiger partial charge in [0.1, 0.15) is 5.82 Å². The van der Waals surface area contributed by atoms with E-state index < -0.39 is 60.0 Å². The van der Waals surface area contributed by atoms with Crippen LogP contribution in [0.4, 0.5) is 40.3 Å². The minimum Gasteiger partial charge on any atom is -0.450 e. The Balaban J connectivity index is 1.89. The zero-order valence-electron chi connectivity index (χ0n) is 21.4. The molecule has 1 aliphatic rings. The first-order valence-electron chi connectivity index (χ1n) is 12.1. The van der Waals surface area contributed by atoms with E-state index in [9.17, 15) is 40.3 Å². The van der Waals surface area contributed by atoms with Crippen molar-refractivity contribution >= 4 is 12.1 Å². The predicted molar refractivity (Wildman–Crippen MR) is 127 cm³/mol. The number of ether oxygens (including phenoxy) is 1. The number of alkyl carbamates (subject to hydrolysis) is 1. The largest absolute Gasteiger partial charge is 0.450 e. The number of hydrogen-bond acceptors (Lipinski definition) is 3. The second-order valence-corrected chi connectivity index (χ2v) is 9.35. The summed E-state index contributed by atoms with van der Waals surface area (Å²) in [7, 11) is 1.27. The normalized spacial score (nSPS) is 18.1. The number of urea groups is 1. The van der Waals surface area contributed by atoms with E-state index in [0.29, 0.717) is 29.7 Å². The van der Waals surface area contributed by atoms with Gasteiger partial charge in [-0.25, -0.2) is 14.0 Å². The van der Waals surface area contributed by atoms with Crippen molar-refractivity contribution in [2.75, 3.05) is 20.2 Å². The summed E-state index contributed by atoms with van der Waals surface area (Å²) in [6.45, 7) is 3.03. The Hall–Kier alpha value is -3.51. The second kappa shape index (κ2) is 11.7. The summed E-state index contributed by atoms with van der Waals surface area (Å²) in [6.07, 6.45) is -10.1. The van der Waals surface area contributed by atoms with Crippen molar-refractivity contribution in [1.29, 1.82) is 0 Å². The van der Waals surface area contributed by atoms with E-state index >= 15 is 0 Å². The molecule has 2 aromatic carbocycles. The lowest BCUT2D eigenvalue weighted by Crippen LogP contribution is -2.51. The minimum absolute atomic E-state index is 0.0278. The molecule has 1 aliphatic heterocycles. The number of piperidine rings is 1. The van der Waals surface area contributed by atoms with Crippen LogP contribution in [0.25, 0.3) is 0 Å². The lowest BCUT2D eigenvalue weighted by Gasteiger charge is -2.42. The Kier molecular flexibility index (Phi) is 9.01. The molecule has 1 saturated heterocycles. The molecule has 1 N–H and O–H groups in total. The van der Waals surface area contributed by atoms with Gasteiger partial charge < -0.3 is 19.9 Å². The summed E-state index contributed by atoms with van der Waals surface area (Å²) in [5.41, 5.74) is -2.17. The van der Waals surface area contributed by atoms with Gasteiger partial charge in [-0.2, -0.15) is 26.3 Å². The summed E-state index contributed by atoms with van der Waals surface area (Å²) < 4.78 is 98.4. The number of carbonyl (C=O) groups is 2. The lowest BCUT2D eigenvalue weighted by molar-refractivity contribution is -0.143. The van der Waals surface area contributed by atoms with Crippen molar-refractivity contribution in [1.82, 2.24) is 15.1 Å². The Morgan fingerprint density at radius 2 is 1.67 bits per heavy atom. The molecule has 2 aromatic rings. The van der Waals surface area contributed by atoms with Gasteiger partial charge in [0, 0.05) is 26.2 Å². The first kappa shape index (κ1) is 30.0. The second-order valence-electron chi connectivity index (χ2n) is 9.35. The molecule has 6 nitrogen and oxygen atoms in total. The van der Waals surface area contributed by atoms with Crippen molar-refractivity contribution in [2.24, 2.45) is 0 Å². The van der Waals surface area contributed by atoms with Gasteiger partial charge in [0.15, 0.2) is 0 Å². The number of nitrogens with zero attached hydrogens (tertiary/aromatic N) is 2. The standard InChI is InChI=1S/C26H28F7N3O3/c1-4-39-23(37)34-20-7-8-36(22(13-20)21-6-5-19(27)9-15(21)2)24(38)35(3)14-16-10-17(25(28,29)30)12-18(11-16)26(31,32)33/h5-6,9-12,20,22H,4,7-8,13-14H2,1-3H3,(H,34,37)/t20-,22-/m1/s1. The Labute approximate surface area is 220 Å². The maximum Gasteiger partial charge on any atom is 0.416 e. The smallest absolute Gasteiger partial charge is 0.416 e. The van der Waals surface area contributed by atoms with Crippen molar-refractivity contribution in [3.63, 3.8) is 0 Å². The molecule has 3 amide bonds. The minimum atomic E-state index is -5.02. The Bertz CT molecular complexity index is 1170. The van der Waals surface area contributed by atoms with E-state index in [1.165, 1.54) is 30.1 Å². The molecule has 214 valence electrons. The molecule has 0 bridgehead atoms. The van der Waals surface area contributed by atoms with E-state index in [4.69, 9.17) is 4.74 Å². The lowest BCUT2D eigenvalue weighted by atomic mass is 9.89. The average molecular weight is 564 g/mol. The number of aryl methyl sites for hydroxylation is 1. The van der Waals surface area contributed by atoms with Crippen LogP contribution < -0.4 is 5.32 Å². The van der Waals surface area contributed by atoms with Gasteiger partial charge in [0.05, 0.1) is 23.8 Å². The number of amides is 3. The summed E-state index contributed by atoms with van der Waals surface area (Å²) in [5, 5.41) is 2.72. The van der Waals surface area contributed by atoms with Crippen LogP contribution in [0.2, 0.25) is 0 Å². The number of likely N-dealkylation sites (tertiary alicyclic amines) is 1. The highest BCUT2D eigenvalue weighted by Gasteiger charge is 2.38. The highest BCUT2D eigenvalue weighted by Crippen LogP contribution is 2.37. The first-order chi connectivity index (χ1) is 18.1. The van der Waals surface area contributed by atoms with Gasteiger partial charge in [-0.15, -0.1) is 0 Å². The number of nitrogens with one attached hydrogen (secondary N) is 1. The highest BCUT2D eigenvalue weighted by molar-refractivity contribution is 5.75. The van der Waals surface area contributed by atoms with Crippen LogP contribution in [0.15, 0.2) is 36.4 Å².